The first-order valence-electron chi connectivity index (χ1n) is 7.63. The van der Waals surface area contributed by atoms with Gasteiger partial charge in [-0.3, -0.25) is 0 Å². The van der Waals surface area contributed by atoms with Crippen molar-refractivity contribution < 1.29 is 0 Å². The molecule has 0 radical (unpaired) electrons. The third kappa shape index (κ3) is 4.59. The van der Waals surface area contributed by atoms with Crippen molar-refractivity contribution in [3.8, 4) is 0 Å². The van der Waals surface area contributed by atoms with E-state index < -0.39 is 0 Å². The maximum absolute atomic E-state index is 6.31. The first kappa shape index (κ1) is 16.1. The van der Waals surface area contributed by atoms with Gasteiger partial charge in [-0.15, -0.1) is 0 Å². The summed E-state index contributed by atoms with van der Waals surface area (Å²) >= 11 is 6.31. The van der Waals surface area contributed by atoms with Crippen molar-refractivity contribution in [2.75, 3.05) is 0 Å². The van der Waals surface area contributed by atoms with Crippen LogP contribution in [0.2, 0.25) is 5.02 Å². The van der Waals surface area contributed by atoms with Crippen LogP contribution in [0.15, 0.2) is 54.6 Å². The molecule has 2 aromatic carbocycles. The molecule has 0 saturated heterocycles. The lowest BCUT2D eigenvalue weighted by molar-refractivity contribution is 0.394. The third-order valence-corrected chi connectivity index (χ3v) is 4.08. The van der Waals surface area contributed by atoms with Gasteiger partial charge in [-0.1, -0.05) is 74.0 Å². The summed E-state index contributed by atoms with van der Waals surface area (Å²) in [6.45, 7) is 6.70. The van der Waals surface area contributed by atoms with Crippen LogP contribution in [0.5, 0.6) is 0 Å². The van der Waals surface area contributed by atoms with Crippen LogP contribution < -0.4 is 5.32 Å². The lowest BCUT2D eigenvalue weighted by Gasteiger charge is -2.26. The second-order valence-corrected chi connectivity index (χ2v) is 6.41. The van der Waals surface area contributed by atoms with E-state index in [1.165, 1.54) is 5.56 Å². The van der Waals surface area contributed by atoms with E-state index in [0.717, 1.165) is 17.0 Å². The third-order valence-electron chi connectivity index (χ3n) is 3.73. The first-order valence-corrected chi connectivity index (χ1v) is 8.01. The molecule has 0 aliphatic carbocycles. The maximum atomic E-state index is 6.31. The van der Waals surface area contributed by atoms with Crippen LogP contribution in [0.1, 0.15) is 50.4 Å². The van der Waals surface area contributed by atoms with Crippen LogP contribution in [0, 0.1) is 5.92 Å². The summed E-state index contributed by atoms with van der Waals surface area (Å²) in [4.78, 5) is 0. The predicted octanol–water partition coefficient (Wildman–Crippen LogP) is 5.78. The highest BCUT2D eigenvalue weighted by Crippen LogP contribution is 2.28. The van der Waals surface area contributed by atoms with Gasteiger partial charge in [-0.05, 0) is 36.5 Å². The molecule has 0 amide bonds. The molecule has 1 nitrogen and oxygen atoms in total. The Morgan fingerprint density at radius 2 is 1.52 bits per heavy atom. The van der Waals surface area contributed by atoms with Crippen molar-refractivity contribution in [2.45, 2.75) is 39.3 Å². The van der Waals surface area contributed by atoms with Crippen molar-refractivity contribution in [1.82, 2.24) is 5.32 Å². The Morgan fingerprint density at radius 3 is 2.14 bits per heavy atom. The van der Waals surface area contributed by atoms with E-state index in [4.69, 9.17) is 11.6 Å². The van der Waals surface area contributed by atoms with Crippen LogP contribution in [0.3, 0.4) is 0 Å². The van der Waals surface area contributed by atoms with Crippen LogP contribution >= 0.6 is 11.6 Å². The smallest absolute Gasteiger partial charge is 0.0453 e. The Morgan fingerprint density at radius 1 is 0.905 bits per heavy atom. The summed E-state index contributed by atoms with van der Waals surface area (Å²) in [5, 5.41) is 4.56. The summed E-state index contributed by atoms with van der Waals surface area (Å²) in [6, 6.07) is 19.3. The Bertz CT molecular complexity index is 551. The van der Waals surface area contributed by atoms with Crippen molar-refractivity contribution in [3.63, 3.8) is 0 Å². The predicted molar refractivity (Wildman–Crippen MR) is 91.6 cm³/mol. The van der Waals surface area contributed by atoms with E-state index in [1.807, 2.05) is 18.2 Å². The zero-order chi connectivity index (χ0) is 15.2. The van der Waals surface area contributed by atoms with Crippen molar-refractivity contribution >= 4 is 11.6 Å². The van der Waals surface area contributed by atoms with Gasteiger partial charge in [0, 0.05) is 17.1 Å². The van der Waals surface area contributed by atoms with Gasteiger partial charge in [-0.2, -0.15) is 0 Å². The molecule has 2 heteroatoms. The summed E-state index contributed by atoms with van der Waals surface area (Å²) in [5.41, 5.74) is 2.49. The molecule has 0 aliphatic rings. The number of hydrogen-bond acceptors (Lipinski definition) is 1. The zero-order valence-electron chi connectivity index (χ0n) is 13.0. The van der Waals surface area contributed by atoms with E-state index >= 15 is 0 Å². The fourth-order valence-electron chi connectivity index (χ4n) is 2.67. The van der Waals surface area contributed by atoms with E-state index in [0.29, 0.717) is 12.0 Å². The largest absolute Gasteiger partial charge is 0.303 e. The van der Waals surface area contributed by atoms with Gasteiger partial charge in [0.15, 0.2) is 0 Å². The number of nitrogens with one attached hydrogen (secondary N) is 1. The highest BCUT2D eigenvalue weighted by molar-refractivity contribution is 6.31. The molecule has 1 unspecified atom stereocenters. The fraction of sp³-hybridized carbons (Fsp3) is 0.368. The number of halogens is 1. The fourth-order valence-corrected chi connectivity index (χ4v) is 2.97. The van der Waals surface area contributed by atoms with Crippen molar-refractivity contribution in [3.05, 3.63) is 70.7 Å². The monoisotopic (exact) mass is 301 g/mol. The Kier molecular flexibility index (Phi) is 5.84. The van der Waals surface area contributed by atoms with Crippen LogP contribution in [-0.4, -0.2) is 0 Å². The highest BCUT2D eigenvalue weighted by atomic mass is 35.5. The van der Waals surface area contributed by atoms with Gasteiger partial charge < -0.3 is 5.32 Å². The average molecular weight is 302 g/mol. The molecular weight excluding hydrogens is 278 g/mol. The highest BCUT2D eigenvalue weighted by Gasteiger charge is 2.17. The van der Waals surface area contributed by atoms with Gasteiger partial charge in [0.05, 0.1) is 0 Å². The van der Waals surface area contributed by atoms with E-state index in [9.17, 15) is 0 Å². The second kappa shape index (κ2) is 7.63. The van der Waals surface area contributed by atoms with Crippen LogP contribution in [0.25, 0.3) is 0 Å². The minimum atomic E-state index is 0.225. The normalized spacial score (nSPS) is 14.1. The number of hydrogen-bond donors (Lipinski definition) is 1. The molecule has 0 saturated carbocycles. The van der Waals surface area contributed by atoms with Gasteiger partial charge in [-0.25, -0.2) is 0 Å². The van der Waals surface area contributed by atoms with Crippen molar-refractivity contribution in [1.29, 1.82) is 0 Å². The van der Waals surface area contributed by atoms with Gasteiger partial charge >= 0.3 is 0 Å². The van der Waals surface area contributed by atoms with Crippen molar-refractivity contribution in [2.24, 2.45) is 5.92 Å². The molecule has 0 aliphatic heterocycles. The molecule has 2 rings (SSSR count). The summed E-state index contributed by atoms with van der Waals surface area (Å²) in [6.07, 6.45) is 1.11. The summed E-state index contributed by atoms with van der Waals surface area (Å²) < 4.78 is 0. The van der Waals surface area contributed by atoms with E-state index in [2.05, 4.69) is 62.5 Å². The topological polar surface area (TPSA) is 12.0 Å². The van der Waals surface area contributed by atoms with E-state index in [1.54, 1.807) is 0 Å². The molecule has 2 aromatic rings. The SMILES string of the molecule is CC(C)CC(N[C@H](C)c1ccccc1Cl)c1ccccc1. The van der Waals surface area contributed by atoms with Crippen LogP contribution in [0.4, 0.5) is 0 Å². The molecular formula is C19H24ClN. The van der Waals surface area contributed by atoms with Gasteiger partial charge in [0.2, 0.25) is 0 Å². The van der Waals surface area contributed by atoms with E-state index in [-0.39, 0.29) is 6.04 Å². The quantitative estimate of drug-likeness (QED) is 0.713. The standard InChI is InChI=1S/C19H24ClN/c1-14(2)13-19(16-9-5-4-6-10-16)21-15(3)17-11-7-8-12-18(17)20/h4-12,14-15,19,21H,13H2,1-3H3/t15-,19?/m1/s1. The maximum Gasteiger partial charge on any atom is 0.0453 e. The second-order valence-electron chi connectivity index (χ2n) is 6.00. The number of benzene rings is 2. The van der Waals surface area contributed by atoms with Crippen LogP contribution in [-0.2, 0) is 0 Å². The lowest BCUT2D eigenvalue weighted by Crippen LogP contribution is -2.26. The molecule has 0 bridgehead atoms. The zero-order valence-corrected chi connectivity index (χ0v) is 13.8. The summed E-state index contributed by atoms with van der Waals surface area (Å²) in [7, 11) is 0. The molecule has 0 spiro atoms. The lowest BCUT2D eigenvalue weighted by atomic mass is 9.95. The Hall–Kier alpha value is -1.31. The number of rotatable bonds is 6. The minimum absolute atomic E-state index is 0.225. The summed E-state index contributed by atoms with van der Waals surface area (Å²) in [5.74, 6) is 0.640. The molecule has 112 valence electrons. The molecule has 0 aromatic heterocycles. The Labute approximate surface area is 133 Å². The molecule has 21 heavy (non-hydrogen) atoms. The van der Waals surface area contributed by atoms with Gasteiger partial charge in [0.25, 0.3) is 0 Å². The molecule has 0 heterocycles. The minimum Gasteiger partial charge on any atom is -0.303 e. The average Bonchev–Trinajstić information content (AvgIpc) is 2.47. The molecule has 0 fully saturated rings. The molecule has 2 atom stereocenters. The molecule has 1 N–H and O–H groups in total. The van der Waals surface area contributed by atoms with Gasteiger partial charge in [0.1, 0.15) is 0 Å². The Balaban J connectivity index is 2.17. The first-order chi connectivity index (χ1) is 10.1.